The number of benzene rings is 1. The lowest BCUT2D eigenvalue weighted by atomic mass is 10.1. The Balaban J connectivity index is 2.25. The lowest BCUT2D eigenvalue weighted by Gasteiger charge is -2.21. The average Bonchev–Trinajstić information content (AvgIpc) is 3.01. The minimum atomic E-state index is -0.267. The van der Waals surface area contributed by atoms with Crippen molar-refractivity contribution in [2.24, 2.45) is 0 Å². The molecule has 0 aliphatic rings. The largest absolute Gasteiger partial charge is 0.462 e. The normalized spacial score (nSPS) is 10.8. The number of aryl methyl sites for hydroxylation is 1. The summed E-state index contributed by atoms with van der Waals surface area (Å²) in [6, 6.07) is 10.1. The number of carbonyl (C=O) groups excluding carboxylic acids is 1. The third-order valence-electron chi connectivity index (χ3n) is 4.00. The monoisotopic (exact) mass is 340 g/mol. The van der Waals surface area contributed by atoms with Crippen molar-refractivity contribution in [2.75, 3.05) is 18.6 Å². The number of aromatic nitrogens is 1. The van der Waals surface area contributed by atoms with Crippen LogP contribution in [-0.2, 0) is 11.2 Å². The number of esters is 1. The van der Waals surface area contributed by atoms with E-state index in [0.717, 1.165) is 27.9 Å². The first kappa shape index (κ1) is 16.5. The van der Waals surface area contributed by atoms with E-state index in [-0.39, 0.29) is 5.97 Å². The topological polar surface area (TPSA) is 42.4 Å². The molecule has 124 valence electrons. The molecule has 0 radical (unpaired) electrons. The maximum absolute atomic E-state index is 12.5. The number of hydrogen-bond acceptors (Lipinski definition) is 5. The molecule has 0 aliphatic heterocycles. The zero-order chi connectivity index (χ0) is 17.1. The van der Waals surface area contributed by atoms with Crippen LogP contribution in [0, 0.1) is 0 Å². The van der Waals surface area contributed by atoms with Crippen molar-refractivity contribution in [3.05, 3.63) is 53.2 Å². The van der Waals surface area contributed by atoms with Crippen LogP contribution in [0.25, 0.3) is 10.1 Å². The molecule has 24 heavy (non-hydrogen) atoms. The van der Waals surface area contributed by atoms with Gasteiger partial charge in [-0.05, 0) is 37.1 Å². The van der Waals surface area contributed by atoms with E-state index in [1.807, 2.05) is 37.1 Å². The molecule has 0 unspecified atom stereocenters. The second-order valence-corrected chi connectivity index (χ2v) is 6.46. The molecule has 3 aromatic rings. The van der Waals surface area contributed by atoms with Crippen LogP contribution in [0.3, 0.4) is 0 Å². The van der Waals surface area contributed by atoms with Crippen molar-refractivity contribution in [3.63, 3.8) is 0 Å². The van der Waals surface area contributed by atoms with Gasteiger partial charge in [0.2, 0.25) is 0 Å². The van der Waals surface area contributed by atoms with Gasteiger partial charge in [0.25, 0.3) is 0 Å². The first-order chi connectivity index (χ1) is 11.7. The molecule has 0 fully saturated rings. The fraction of sp³-hybridized carbons (Fsp3) is 0.263. The van der Waals surface area contributed by atoms with Crippen LogP contribution in [0.1, 0.15) is 29.1 Å². The van der Waals surface area contributed by atoms with E-state index in [9.17, 15) is 4.79 Å². The van der Waals surface area contributed by atoms with Crippen LogP contribution in [0.4, 0.5) is 11.4 Å². The summed E-state index contributed by atoms with van der Waals surface area (Å²) in [5, 5.41) is 1.13. The van der Waals surface area contributed by atoms with E-state index < -0.39 is 0 Å². The minimum Gasteiger partial charge on any atom is -0.462 e. The minimum absolute atomic E-state index is 0.267. The molecule has 0 spiro atoms. The summed E-state index contributed by atoms with van der Waals surface area (Å²) in [4.78, 5) is 19.3. The van der Waals surface area contributed by atoms with Crippen LogP contribution in [-0.4, -0.2) is 24.6 Å². The predicted molar refractivity (Wildman–Crippen MR) is 99.5 cm³/mol. The zero-order valence-electron chi connectivity index (χ0n) is 14.1. The molecular weight excluding hydrogens is 320 g/mol. The summed E-state index contributed by atoms with van der Waals surface area (Å²) >= 11 is 1.49. The Morgan fingerprint density at radius 3 is 2.62 bits per heavy atom. The number of ether oxygens (including phenoxy) is 1. The van der Waals surface area contributed by atoms with E-state index in [4.69, 9.17) is 4.74 Å². The summed E-state index contributed by atoms with van der Waals surface area (Å²) in [6.45, 7) is 4.33. The van der Waals surface area contributed by atoms with Crippen molar-refractivity contribution < 1.29 is 9.53 Å². The maximum Gasteiger partial charge on any atom is 0.350 e. The molecular formula is C19H20N2O2S. The zero-order valence-corrected chi connectivity index (χ0v) is 14.9. The van der Waals surface area contributed by atoms with Gasteiger partial charge in [-0.25, -0.2) is 4.79 Å². The highest BCUT2D eigenvalue weighted by molar-refractivity contribution is 7.21. The molecule has 3 rings (SSSR count). The third kappa shape index (κ3) is 2.87. The highest BCUT2D eigenvalue weighted by atomic mass is 32.1. The van der Waals surface area contributed by atoms with E-state index in [1.54, 1.807) is 12.4 Å². The quantitative estimate of drug-likeness (QED) is 0.626. The molecule has 0 atom stereocenters. The molecule has 0 N–H and O–H groups in total. The number of nitrogens with zero attached hydrogens (tertiary/aromatic N) is 2. The van der Waals surface area contributed by atoms with Gasteiger partial charge in [-0.3, -0.25) is 4.98 Å². The molecule has 2 aromatic heterocycles. The average molecular weight is 340 g/mol. The standard InChI is InChI=1S/C19H20N2O2S/c1-4-13-7-6-8-15-16(13)17(18(24-15)19(22)23-5-2)21(3)14-9-11-20-12-10-14/h6-12H,4-5H2,1-3H3. The number of fused-ring (bicyclic) bond motifs is 1. The number of pyridine rings is 1. The van der Waals surface area contributed by atoms with Crippen molar-refractivity contribution in [2.45, 2.75) is 20.3 Å². The Bertz CT molecular complexity index is 858. The van der Waals surface area contributed by atoms with Gasteiger partial charge in [-0.2, -0.15) is 0 Å². The number of carbonyl (C=O) groups is 1. The van der Waals surface area contributed by atoms with Crippen LogP contribution >= 0.6 is 11.3 Å². The Morgan fingerprint density at radius 1 is 1.21 bits per heavy atom. The maximum atomic E-state index is 12.5. The van der Waals surface area contributed by atoms with Crippen molar-refractivity contribution in [3.8, 4) is 0 Å². The van der Waals surface area contributed by atoms with Crippen LogP contribution in [0.15, 0.2) is 42.7 Å². The highest BCUT2D eigenvalue weighted by Gasteiger charge is 2.24. The second-order valence-electron chi connectivity index (χ2n) is 5.41. The van der Waals surface area contributed by atoms with E-state index in [0.29, 0.717) is 11.5 Å². The molecule has 0 bridgehead atoms. The Hall–Kier alpha value is -2.40. The Morgan fingerprint density at radius 2 is 1.96 bits per heavy atom. The predicted octanol–water partition coefficient (Wildman–Crippen LogP) is 4.80. The first-order valence-electron chi connectivity index (χ1n) is 8.02. The molecule has 0 amide bonds. The summed E-state index contributed by atoms with van der Waals surface area (Å²) in [5.41, 5.74) is 3.13. The highest BCUT2D eigenvalue weighted by Crippen LogP contribution is 2.42. The fourth-order valence-electron chi connectivity index (χ4n) is 2.85. The lowest BCUT2D eigenvalue weighted by Crippen LogP contribution is -2.14. The molecule has 0 aliphatic carbocycles. The molecule has 0 saturated heterocycles. The SMILES string of the molecule is CCOC(=O)c1sc2cccc(CC)c2c1N(C)c1ccncc1. The van der Waals surface area contributed by atoms with Gasteiger partial charge in [0.15, 0.2) is 0 Å². The summed E-state index contributed by atoms with van der Waals surface area (Å²) in [6.07, 6.45) is 4.42. The van der Waals surface area contributed by atoms with E-state index in [2.05, 4.69) is 24.0 Å². The van der Waals surface area contributed by atoms with Gasteiger partial charge in [0, 0.05) is 35.2 Å². The molecule has 1 aromatic carbocycles. The van der Waals surface area contributed by atoms with Crippen molar-refractivity contribution >= 4 is 38.8 Å². The van der Waals surface area contributed by atoms with Gasteiger partial charge >= 0.3 is 5.97 Å². The van der Waals surface area contributed by atoms with Gasteiger partial charge in [0.1, 0.15) is 4.88 Å². The summed E-state index contributed by atoms with van der Waals surface area (Å²) < 4.78 is 6.40. The Kier molecular flexibility index (Phi) is 4.81. The Labute approximate surface area is 145 Å². The van der Waals surface area contributed by atoms with E-state index >= 15 is 0 Å². The van der Waals surface area contributed by atoms with Crippen molar-refractivity contribution in [1.29, 1.82) is 0 Å². The summed E-state index contributed by atoms with van der Waals surface area (Å²) in [5.74, 6) is -0.267. The third-order valence-corrected chi connectivity index (χ3v) is 5.13. The number of anilines is 2. The lowest BCUT2D eigenvalue weighted by molar-refractivity contribution is 0.0533. The number of hydrogen-bond donors (Lipinski definition) is 0. The van der Waals surface area contributed by atoms with Crippen LogP contribution in [0.2, 0.25) is 0 Å². The first-order valence-corrected chi connectivity index (χ1v) is 8.84. The van der Waals surface area contributed by atoms with Gasteiger partial charge in [0.05, 0.1) is 12.3 Å². The van der Waals surface area contributed by atoms with Gasteiger partial charge in [-0.1, -0.05) is 19.1 Å². The van der Waals surface area contributed by atoms with Crippen LogP contribution < -0.4 is 4.90 Å². The smallest absolute Gasteiger partial charge is 0.350 e. The summed E-state index contributed by atoms with van der Waals surface area (Å²) in [7, 11) is 1.98. The molecule has 4 nitrogen and oxygen atoms in total. The van der Waals surface area contributed by atoms with E-state index in [1.165, 1.54) is 16.9 Å². The molecule has 2 heterocycles. The fourth-order valence-corrected chi connectivity index (χ4v) is 4.02. The van der Waals surface area contributed by atoms with Crippen molar-refractivity contribution in [1.82, 2.24) is 4.98 Å². The number of rotatable bonds is 5. The van der Waals surface area contributed by atoms with Crippen LogP contribution in [0.5, 0.6) is 0 Å². The van der Waals surface area contributed by atoms with Gasteiger partial charge in [-0.15, -0.1) is 11.3 Å². The number of thiophene rings is 1. The second kappa shape index (κ2) is 7.01. The molecule has 5 heteroatoms. The van der Waals surface area contributed by atoms with Gasteiger partial charge < -0.3 is 9.64 Å². The molecule has 0 saturated carbocycles.